The SMILES string of the molecule is CC(C)CN1CCC[C@H](C(=O)N[C@H](C(=O)N[C@@H](CCN)C(=O)C(C)C)C(C)O)C1. The quantitative estimate of drug-likeness (QED) is 0.386. The number of hydrogen-bond donors (Lipinski definition) is 4. The maximum atomic E-state index is 12.8. The van der Waals surface area contributed by atoms with Crippen LogP contribution in [0, 0.1) is 17.8 Å². The topological polar surface area (TPSA) is 125 Å². The fraction of sp³-hybridized carbons (Fsp3) is 0.857. The molecule has 2 amide bonds. The van der Waals surface area contributed by atoms with E-state index in [9.17, 15) is 19.5 Å². The Kier molecular flexibility index (Phi) is 10.8. The molecule has 8 nitrogen and oxygen atoms in total. The second-order valence-corrected chi connectivity index (χ2v) is 8.92. The molecule has 1 saturated heterocycles. The van der Waals surface area contributed by atoms with Gasteiger partial charge in [0.1, 0.15) is 6.04 Å². The molecular formula is C21H40N4O4. The number of carbonyl (C=O) groups is 3. The van der Waals surface area contributed by atoms with E-state index >= 15 is 0 Å². The van der Waals surface area contributed by atoms with Gasteiger partial charge >= 0.3 is 0 Å². The van der Waals surface area contributed by atoms with E-state index in [1.165, 1.54) is 6.92 Å². The maximum absolute atomic E-state index is 12.8. The Morgan fingerprint density at radius 3 is 2.31 bits per heavy atom. The molecule has 1 heterocycles. The summed E-state index contributed by atoms with van der Waals surface area (Å²) in [5, 5.41) is 15.5. The van der Waals surface area contributed by atoms with Crippen molar-refractivity contribution in [2.45, 2.75) is 72.1 Å². The van der Waals surface area contributed by atoms with Gasteiger partial charge in [0.05, 0.1) is 18.1 Å². The summed E-state index contributed by atoms with van der Waals surface area (Å²) in [4.78, 5) is 40.1. The Morgan fingerprint density at radius 1 is 1.14 bits per heavy atom. The first-order valence-electron chi connectivity index (χ1n) is 10.8. The van der Waals surface area contributed by atoms with Crippen molar-refractivity contribution < 1.29 is 19.5 Å². The summed E-state index contributed by atoms with van der Waals surface area (Å²) in [5.74, 6) is -0.850. The molecule has 0 radical (unpaired) electrons. The van der Waals surface area contributed by atoms with Crippen molar-refractivity contribution in [1.29, 1.82) is 0 Å². The van der Waals surface area contributed by atoms with E-state index in [-0.39, 0.29) is 30.1 Å². The van der Waals surface area contributed by atoms with Gasteiger partial charge in [0, 0.05) is 19.0 Å². The molecule has 0 aromatic heterocycles. The molecule has 0 saturated carbocycles. The lowest BCUT2D eigenvalue weighted by atomic mass is 9.95. The molecule has 8 heteroatoms. The zero-order chi connectivity index (χ0) is 22.1. The molecule has 4 atom stereocenters. The highest BCUT2D eigenvalue weighted by molar-refractivity contribution is 5.94. The molecule has 168 valence electrons. The Balaban J connectivity index is 2.76. The van der Waals surface area contributed by atoms with E-state index in [0.29, 0.717) is 18.9 Å². The third kappa shape index (κ3) is 8.40. The van der Waals surface area contributed by atoms with E-state index in [1.54, 1.807) is 13.8 Å². The molecule has 0 bridgehead atoms. The van der Waals surface area contributed by atoms with Crippen molar-refractivity contribution in [2.24, 2.45) is 23.5 Å². The third-order valence-electron chi connectivity index (χ3n) is 5.25. The average Bonchev–Trinajstić information content (AvgIpc) is 2.64. The molecule has 1 fully saturated rings. The van der Waals surface area contributed by atoms with Crippen molar-refractivity contribution in [3.05, 3.63) is 0 Å². The van der Waals surface area contributed by atoms with E-state index in [4.69, 9.17) is 5.73 Å². The second-order valence-electron chi connectivity index (χ2n) is 8.92. The molecule has 1 aliphatic rings. The van der Waals surface area contributed by atoms with Crippen molar-refractivity contribution in [1.82, 2.24) is 15.5 Å². The zero-order valence-corrected chi connectivity index (χ0v) is 18.6. The maximum Gasteiger partial charge on any atom is 0.245 e. The number of ketones is 1. The van der Waals surface area contributed by atoms with Crippen molar-refractivity contribution >= 4 is 17.6 Å². The van der Waals surface area contributed by atoms with Gasteiger partial charge in [-0.05, 0) is 45.2 Å². The average molecular weight is 413 g/mol. The number of rotatable bonds is 11. The van der Waals surface area contributed by atoms with Crippen molar-refractivity contribution in [3.8, 4) is 0 Å². The Labute approximate surface area is 175 Å². The molecule has 5 N–H and O–H groups in total. The van der Waals surface area contributed by atoms with Gasteiger partial charge < -0.3 is 26.4 Å². The van der Waals surface area contributed by atoms with Gasteiger partial charge in [0.15, 0.2) is 5.78 Å². The van der Waals surface area contributed by atoms with E-state index in [2.05, 4.69) is 29.4 Å². The minimum atomic E-state index is -1.11. The highest BCUT2D eigenvalue weighted by Crippen LogP contribution is 2.18. The highest BCUT2D eigenvalue weighted by Gasteiger charge is 2.33. The summed E-state index contributed by atoms with van der Waals surface area (Å²) in [6.07, 6.45) is 0.923. The summed E-state index contributed by atoms with van der Waals surface area (Å²) >= 11 is 0. The molecular weight excluding hydrogens is 372 g/mol. The van der Waals surface area contributed by atoms with Crippen LogP contribution in [0.15, 0.2) is 0 Å². The number of nitrogens with two attached hydrogens (primary N) is 1. The summed E-state index contributed by atoms with van der Waals surface area (Å²) in [6.45, 7) is 12.1. The largest absolute Gasteiger partial charge is 0.391 e. The molecule has 0 spiro atoms. The predicted octanol–water partition coefficient (Wildman–Crippen LogP) is 0.279. The fourth-order valence-electron chi connectivity index (χ4n) is 3.74. The summed E-state index contributed by atoms with van der Waals surface area (Å²) < 4.78 is 0. The van der Waals surface area contributed by atoms with Crippen molar-refractivity contribution in [2.75, 3.05) is 26.2 Å². The van der Waals surface area contributed by atoms with Crippen LogP contribution in [0.3, 0.4) is 0 Å². The third-order valence-corrected chi connectivity index (χ3v) is 5.25. The number of aliphatic hydroxyl groups excluding tert-OH is 1. The summed E-state index contributed by atoms with van der Waals surface area (Å²) in [5.41, 5.74) is 5.58. The van der Waals surface area contributed by atoms with Gasteiger partial charge in [-0.2, -0.15) is 0 Å². The molecule has 29 heavy (non-hydrogen) atoms. The normalized spacial score (nSPS) is 20.9. The minimum Gasteiger partial charge on any atom is -0.391 e. The van der Waals surface area contributed by atoms with Gasteiger partial charge in [-0.25, -0.2) is 0 Å². The van der Waals surface area contributed by atoms with Gasteiger partial charge in [-0.3, -0.25) is 14.4 Å². The fourth-order valence-corrected chi connectivity index (χ4v) is 3.74. The Bertz CT molecular complexity index is 551. The van der Waals surface area contributed by atoms with Crippen LogP contribution in [0.1, 0.15) is 53.9 Å². The van der Waals surface area contributed by atoms with E-state index in [0.717, 1.165) is 25.9 Å². The number of Topliss-reactive ketones (excluding diaryl/α,β-unsaturated/α-hetero) is 1. The van der Waals surface area contributed by atoms with Crippen LogP contribution in [0.4, 0.5) is 0 Å². The second kappa shape index (κ2) is 12.2. The molecule has 1 rings (SSSR count). The number of hydrogen-bond acceptors (Lipinski definition) is 6. The van der Waals surface area contributed by atoms with Gasteiger partial charge in [0.25, 0.3) is 0 Å². The van der Waals surface area contributed by atoms with E-state index < -0.39 is 24.1 Å². The standard InChI is InChI=1S/C21H40N4O4/c1-13(2)11-25-10-6-7-16(12-25)20(28)24-18(15(5)26)21(29)23-17(8-9-22)19(27)14(3)4/h13-18,26H,6-12,22H2,1-5H3,(H,23,29)(H,24,28)/t15?,16-,17-,18-/m0/s1. The Hall–Kier alpha value is -1.51. The number of nitrogens with one attached hydrogen (secondary N) is 2. The first-order valence-corrected chi connectivity index (χ1v) is 10.8. The van der Waals surface area contributed by atoms with Crippen LogP contribution in [0.5, 0.6) is 0 Å². The van der Waals surface area contributed by atoms with Crippen molar-refractivity contribution in [3.63, 3.8) is 0 Å². The number of likely N-dealkylation sites (tertiary alicyclic amines) is 1. The van der Waals surface area contributed by atoms with Crippen LogP contribution < -0.4 is 16.4 Å². The van der Waals surface area contributed by atoms with Crippen LogP contribution in [-0.2, 0) is 14.4 Å². The zero-order valence-electron chi connectivity index (χ0n) is 18.6. The summed E-state index contributed by atoms with van der Waals surface area (Å²) in [6, 6.07) is -1.83. The van der Waals surface area contributed by atoms with Gasteiger partial charge in [-0.15, -0.1) is 0 Å². The minimum absolute atomic E-state index is 0.115. The molecule has 0 aromatic carbocycles. The summed E-state index contributed by atoms with van der Waals surface area (Å²) in [7, 11) is 0. The lowest BCUT2D eigenvalue weighted by molar-refractivity contribution is -0.136. The predicted molar refractivity (Wildman–Crippen MR) is 113 cm³/mol. The first-order chi connectivity index (χ1) is 13.6. The van der Waals surface area contributed by atoms with E-state index in [1.807, 2.05) is 0 Å². The highest BCUT2D eigenvalue weighted by atomic mass is 16.3. The number of amides is 2. The number of piperidine rings is 1. The smallest absolute Gasteiger partial charge is 0.245 e. The van der Waals surface area contributed by atoms with Crippen LogP contribution >= 0.6 is 0 Å². The monoisotopic (exact) mass is 412 g/mol. The molecule has 0 aromatic rings. The van der Waals surface area contributed by atoms with Crippen LogP contribution in [0.2, 0.25) is 0 Å². The van der Waals surface area contributed by atoms with Gasteiger partial charge in [-0.1, -0.05) is 27.7 Å². The Morgan fingerprint density at radius 2 is 1.79 bits per heavy atom. The molecule has 0 aliphatic carbocycles. The lowest BCUT2D eigenvalue weighted by Crippen LogP contribution is -2.58. The number of carbonyl (C=O) groups excluding carboxylic acids is 3. The van der Waals surface area contributed by atoms with Gasteiger partial charge in [0.2, 0.25) is 11.8 Å². The lowest BCUT2D eigenvalue weighted by Gasteiger charge is -2.34. The molecule has 1 unspecified atom stereocenters. The number of nitrogens with zero attached hydrogens (tertiary/aromatic N) is 1. The number of aliphatic hydroxyl groups is 1. The van der Waals surface area contributed by atoms with Crippen LogP contribution in [0.25, 0.3) is 0 Å². The first kappa shape index (κ1) is 25.5. The van der Waals surface area contributed by atoms with Crippen LogP contribution in [-0.4, -0.2) is 72.0 Å². The molecule has 1 aliphatic heterocycles.